The number of phenols is 1. The van der Waals surface area contributed by atoms with Gasteiger partial charge in [0.25, 0.3) is 9.84 Å². The molecule has 0 saturated heterocycles. The number of thioether (sulfide) groups is 1. The van der Waals surface area contributed by atoms with Gasteiger partial charge in [-0.3, -0.25) is 0 Å². The molecule has 0 aliphatic carbocycles. The van der Waals surface area contributed by atoms with E-state index in [0.29, 0.717) is 0 Å². The Hall–Kier alpha value is -1.60. The smallest absolute Gasteiger partial charge is 0.401 e. The molecule has 0 amide bonds. The van der Waals surface area contributed by atoms with Crippen LogP contribution in [0.4, 0.5) is 8.78 Å². The lowest BCUT2D eigenvalue weighted by Gasteiger charge is -2.16. The van der Waals surface area contributed by atoms with E-state index in [0.717, 1.165) is 12.1 Å². The van der Waals surface area contributed by atoms with Crippen molar-refractivity contribution < 1.29 is 22.3 Å². The van der Waals surface area contributed by atoms with E-state index in [4.69, 9.17) is 5.11 Å². The van der Waals surface area contributed by atoms with Crippen LogP contribution in [-0.2, 0) is 9.84 Å². The molecule has 0 aliphatic rings. The van der Waals surface area contributed by atoms with Crippen molar-refractivity contribution in [2.24, 2.45) is 0 Å². The summed E-state index contributed by atoms with van der Waals surface area (Å²) in [6.45, 7) is 0. The van der Waals surface area contributed by atoms with Gasteiger partial charge in [-0.25, -0.2) is 8.42 Å². The van der Waals surface area contributed by atoms with Crippen LogP contribution in [0.5, 0.6) is 5.75 Å². The summed E-state index contributed by atoms with van der Waals surface area (Å²) in [5.74, 6) is -0.0800. The van der Waals surface area contributed by atoms with E-state index in [9.17, 15) is 17.2 Å². The third kappa shape index (κ3) is 2.94. The van der Waals surface area contributed by atoms with Gasteiger partial charge in [0.2, 0.25) is 0 Å². The van der Waals surface area contributed by atoms with Crippen LogP contribution < -0.4 is 0 Å². The number of rotatable bonds is 4. The largest absolute Gasteiger partial charge is 0.508 e. The third-order valence-corrected chi connectivity index (χ3v) is 5.61. The van der Waals surface area contributed by atoms with Crippen LogP contribution in [0, 0.1) is 0 Å². The Morgan fingerprint density at radius 2 is 1.50 bits per heavy atom. The lowest BCUT2D eigenvalue weighted by atomic mass is 10.3. The molecule has 0 saturated carbocycles. The Balaban J connectivity index is 2.32. The number of hydrogen-bond acceptors (Lipinski definition) is 4. The summed E-state index contributed by atoms with van der Waals surface area (Å²) in [7, 11) is -4.78. The number of aromatic hydroxyl groups is 1. The average molecular weight is 316 g/mol. The molecular formula is C13H10F2O3S2. The fourth-order valence-corrected chi connectivity index (χ4v) is 3.80. The van der Waals surface area contributed by atoms with Crippen molar-refractivity contribution in [2.45, 2.75) is 14.4 Å². The molecule has 0 heterocycles. The highest BCUT2D eigenvalue weighted by Crippen LogP contribution is 2.43. The molecular weight excluding hydrogens is 306 g/mol. The molecule has 0 unspecified atom stereocenters. The molecule has 2 aromatic carbocycles. The standard InChI is InChI=1S/C13H10F2O3S2/c14-13(15,19-11-8-6-10(16)7-9-11)20(17,18)12-4-2-1-3-5-12/h1-9,16H. The lowest BCUT2D eigenvalue weighted by Crippen LogP contribution is -2.24. The second-order valence-corrected chi connectivity index (χ2v) is 7.31. The van der Waals surface area contributed by atoms with Gasteiger partial charge in [-0.2, -0.15) is 8.78 Å². The highest BCUT2D eigenvalue weighted by Gasteiger charge is 2.47. The molecule has 0 spiro atoms. The Morgan fingerprint density at radius 3 is 2.05 bits per heavy atom. The van der Waals surface area contributed by atoms with Crippen molar-refractivity contribution in [3.05, 3.63) is 54.6 Å². The van der Waals surface area contributed by atoms with Gasteiger partial charge in [0.1, 0.15) is 5.75 Å². The van der Waals surface area contributed by atoms with Gasteiger partial charge in [0.05, 0.1) is 4.90 Å². The molecule has 20 heavy (non-hydrogen) atoms. The van der Waals surface area contributed by atoms with Gasteiger partial charge in [-0.05, 0) is 48.2 Å². The minimum Gasteiger partial charge on any atom is -0.508 e. The molecule has 0 aliphatic heterocycles. The van der Waals surface area contributed by atoms with E-state index >= 15 is 0 Å². The van der Waals surface area contributed by atoms with Crippen LogP contribution >= 0.6 is 11.8 Å². The quantitative estimate of drug-likeness (QED) is 0.877. The van der Waals surface area contributed by atoms with Gasteiger partial charge >= 0.3 is 4.59 Å². The first kappa shape index (κ1) is 14.8. The summed E-state index contributed by atoms with van der Waals surface area (Å²) in [5, 5.41) is 9.08. The van der Waals surface area contributed by atoms with E-state index < -0.39 is 19.3 Å². The van der Waals surface area contributed by atoms with Gasteiger partial charge in [-0.15, -0.1) is 0 Å². The third-order valence-electron chi connectivity index (χ3n) is 2.44. The summed E-state index contributed by atoms with van der Waals surface area (Å²) in [5.41, 5.74) is 0. The number of benzene rings is 2. The first-order chi connectivity index (χ1) is 9.33. The van der Waals surface area contributed by atoms with E-state index in [1.54, 1.807) is 6.07 Å². The van der Waals surface area contributed by atoms with Crippen LogP contribution in [0.3, 0.4) is 0 Å². The maximum Gasteiger partial charge on any atom is 0.401 e. The molecule has 2 rings (SSSR count). The Kier molecular flexibility index (Phi) is 4.01. The van der Waals surface area contributed by atoms with Crippen molar-refractivity contribution in [1.82, 2.24) is 0 Å². The van der Waals surface area contributed by atoms with Gasteiger partial charge in [0, 0.05) is 4.90 Å². The van der Waals surface area contributed by atoms with Gasteiger partial charge in [0.15, 0.2) is 0 Å². The van der Waals surface area contributed by atoms with Crippen molar-refractivity contribution in [3.8, 4) is 5.75 Å². The first-order valence-corrected chi connectivity index (χ1v) is 7.78. The van der Waals surface area contributed by atoms with Gasteiger partial charge in [-0.1, -0.05) is 18.2 Å². The van der Waals surface area contributed by atoms with Crippen LogP contribution in [0.15, 0.2) is 64.4 Å². The van der Waals surface area contributed by atoms with Crippen LogP contribution in [-0.4, -0.2) is 18.1 Å². The highest BCUT2D eigenvalue weighted by atomic mass is 32.3. The summed E-state index contributed by atoms with van der Waals surface area (Å²) in [4.78, 5) is -0.386. The van der Waals surface area contributed by atoms with E-state index in [2.05, 4.69) is 0 Å². The predicted octanol–water partition coefficient (Wildman–Crippen LogP) is 3.51. The summed E-state index contributed by atoms with van der Waals surface area (Å²) in [6, 6.07) is 11.5. The first-order valence-electron chi connectivity index (χ1n) is 5.48. The molecule has 2 aromatic rings. The van der Waals surface area contributed by atoms with Crippen molar-refractivity contribution >= 4 is 21.6 Å². The number of sulfone groups is 1. The summed E-state index contributed by atoms with van der Waals surface area (Å²) < 4.78 is 47.8. The zero-order valence-electron chi connectivity index (χ0n) is 10.0. The average Bonchev–Trinajstić information content (AvgIpc) is 2.42. The number of halogens is 2. The molecule has 0 fully saturated rings. The minimum absolute atomic E-state index is 0.0484. The maximum absolute atomic E-state index is 14.0. The van der Waals surface area contributed by atoms with E-state index in [-0.39, 0.29) is 22.4 Å². The topological polar surface area (TPSA) is 54.4 Å². The Labute approximate surface area is 119 Å². The van der Waals surface area contributed by atoms with Crippen LogP contribution in [0.1, 0.15) is 0 Å². The molecule has 106 valence electrons. The molecule has 7 heteroatoms. The van der Waals surface area contributed by atoms with Crippen molar-refractivity contribution in [3.63, 3.8) is 0 Å². The fourth-order valence-electron chi connectivity index (χ4n) is 1.44. The summed E-state index contributed by atoms with van der Waals surface area (Å²) in [6.07, 6.45) is 0. The number of phenolic OH excluding ortho intramolecular Hbond substituents is 1. The van der Waals surface area contributed by atoms with Crippen molar-refractivity contribution in [2.75, 3.05) is 0 Å². The molecule has 0 radical (unpaired) electrons. The zero-order valence-corrected chi connectivity index (χ0v) is 11.7. The second-order valence-electron chi connectivity index (χ2n) is 3.88. The SMILES string of the molecule is O=S(=O)(c1ccccc1)C(F)(F)Sc1ccc(O)cc1. The molecule has 0 aromatic heterocycles. The monoisotopic (exact) mass is 316 g/mol. The minimum atomic E-state index is -4.78. The Morgan fingerprint density at radius 1 is 0.950 bits per heavy atom. The maximum atomic E-state index is 14.0. The van der Waals surface area contributed by atoms with Crippen molar-refractivity contribution in [1.29, 1.82) is 0 Å². The van der Waals surface area contributed by atoms with E-state index in [1.807, 2.05) is 0 Å². The molecule has 0 atom stereocenters. The van der Waals surface area contributed by atoms with E-state index in [1.165, 1.54) is 36.4 Å². The summed E-state index contributed by atoms with van der Waals surface area (Å²) >= 11 is -0.0760. The molecule has 0 bridgehead atoms. The normalized spacial score (nSPS) is 12.3. The highest BCUT2D eigenvalue weighted by molar-refractivity contribution is 8.14. The number of alkyl halides is 2. The fraction of sp³-hybridized carbons (Fsp3) is 0.0769. The number of hydrogen-bond donors (Lipinski definition) is 1. The zero-order chi connectivity index (χ0) is 14.8. The second kappa shape index (κ2) is 5.41. The Bertz CT molecular complexity index is 683. The molecule has 1 N–H and O–H groups in total. The van der Waals surface area contributed by atoms with Crippen LogP contribution in [0.25, 0.3) is 0 Å². The predicted molar refractivity (Wildman–Crippen MR) is 72.5 cm³/mol. The lowest BCUT2D eigenvalue weighted by molar-refractivity contribution is 0.195. The molecule has 3 nitrogen and oxygen atoms in total. The van der Waals surface area contributed by atoms with Crippen LogP contribution in [0.2, 0.25) is 0 Å². The van der Waals surface area contributed by atoms with Gasteiger partial charge < -0.3 is 5.11 Å².